The van der Waals surface area contributed by atoms with Crippen LogP contribution in [0, 0.1) is 5.92 Å². The lowest BCUT2D eigenvalue weighted by atomic mass is 9.94. The second kappa shape index (κ2) is 6.17. The van der Waals surface area contributed by atoms with Gasteiger partial charge in [0.2, 0.25) is 0 Å². The fourth-order valence-electron chi connectivity index (χ4n) is 4.10. The Kier molecular flexibility index (Phi) is 4.30. The van der Waals surface area contributed by atoms with Crippen LogP contribution in [0.2, 0.25) is 0 Å². The number of nitrogens with zero attached hydrogens (tertiary/aromatic N) is 1. The molecule has 0 aromatic heterocycles. The highest BCUT2D eigenvalue weighted by Crippen LogP contribution is 2.32. The Labute approximate surface area is 123 Å². The number of rotatable bonds is 2. The van der Waals surface area contributed by atoms with Gasteiger partial charge in [-0.25, -0.2) is 0 Å². The van der Waals surface area contributed by atoms with Crippen LogP contribution in [0.4, 0.5) is 5.69 Å². The van der Waals surface area contributed by atoms with Gasteiger partial charge >= 0.3 is 0 Å². The van der Waals surface area contributed by atoms with Gasteiger partial charge in [0.15, 0.2) is 0 Å². The lowest BCUT2D eigenvalue weighted by Gasteiger charge is -2.35. The van der Waals surface area contributed by atoms with E-state index in [2.05, 4.69) is 24.0 Å². The van der Waals surface area contributed by atoms with Crippen LogP contribution in [0.5, 0.6) is 0 Å². The standard InChI is InChI=1S/C18H28N2/c1-2-14-5-3-7-16(10-9-14)20-12-11-17-15(13-20)6-4-8-18(17)19/h4,6,8,14,16H,2-3,5,7,9-13,19H2,1H3. The van der Waals surface area contributed by atoms with Crippen molar-refractivity contribution in [2.24, 2.45) is 5.92 Å². The molecule has 1 aliphatic carbocycles. The summed E-state index contributed by atoms with van der Waals surface area (Å²) in [4.78, 5) is 2.72. The molecule has 0 spiro atoms. The molecule has 0 radical (unpaired) electrons. The molecular formula is C18H28N2. The first kappa shape index (κ1) is 13.9. The van der Waals surface area contributed by atoms with Gasteiger partial charge in [-0.15, -0.1) is 0 Å². The van der Waals surface area contributed by atoms with Crippen molar-refractivity contribution in [3.8, 4) is 0 Å². The highest BCUT2D eigenvalue weighted by Gasteiger charge is 2.26. The number of nitrogen functional groups attached to an aromatic ring is 1. The van der Waals surface area contributed by atoms with E-state index in [0.29, 0.717) is 0 Å². The van der Waals surface area contributed by atoms with E-state index in [1.165, 1.54) is 56.2 Å². The van der Waals surface area contributed by atoms with Gasteiger partial charge in [0.25, 0.3) is 0 Å². The second-order valence-electron chi connectivity index (χ2n) is 6.64. The normalized spacial score (nSPS) is 27.9. The highest BCUT2D eigenvalue weighted by molar-refractivity contribution is 5.51. The molecule has 0 saturated heterocycles. The van der Waals surface area contributed by atoms with Crippen molar-refractivity contribution >= 4 is 5.69 Å². The summed E-state index contributed by atoms with van der Waals surface area (Å²) in [5.41, 5.74) is 9.97. The molecule has 2 heteroatoms. The molecule has 0 bridgehead atoms. The first-order valence-electron chi connectivity index (χ1n) is 8.38. The van der Waals surface area contributed by atoms with Crippen molar-refractivity contribution in [2.45, 2.75) is 64.5 Å². The van der Waals surface area contributed by atoms with Crippen LogP contribution in [-0.4, -0.2) is 17.5 Å². The van der Waals surface area contributed by atoms with Gasteiger partial charge in [-0.1, -0.05) is 38.3 Å². The van der Waals surface area contributed by atoms with Gasteiger partial charge in [0, 0.05) is 24.8 Å². The Hall–Kier alpha value is -1.02. The third kappa shape index (κ3) is 2.85. The van der Waals surface area contributed by atoms with Crippen molar-refractivity contribution in [1.82, 2.24) is 4.90 Å². The summed E-state index contributed by atoms with van der Waals surface area (Å²) in [7, 11) is 0. The average Bonchev–Trinajstić information content (AvgIpc) is 2.72. The van der Waals surface area contributed by atoms with E-state index < -0.39 is 0 Å². The van der Waals surface area contributed by atoms with E-state index in [4.69, 9.17) is 5.73 Å². The number of benzene rings is 1. The van der Waals surface area contributed by atoms with Crippen LogP contribution in [-0.2, 0) is 13.0 Å². The monoisotopic (exact) mass is 272 g/mol. The predicted octanol–water partition coefficient (Wildman–Crippen LogP) is 3.99. The van der Waals surface area contributed by atoms with Gasteiger partial charge in [0.05, 0.1) is 0 Å². The summed E-state index contributed by atoms with van der Waals surface area (Å²) in [6, 6.07) is 7.23. The fraction of sp³-hybridized carbons (Fsp3) is 0.667. The molecule has 1 heterocycles. The van der Waals surface area contributed by atoms with Gasteiger partial charge in [0.1, 0.15) is 0 Å². The predicted molar refractivity (Wildman–Crippen MR) is 85.6 cm³/mol. The largest absolute Gasteiger partial charge is 0.398 e. The van der Waals surface area contributed by atoms with Crippen molar-refractivity contribution in [3.63, 3.8) is 0 Å². The molecule has 0 amide bonds. The fourth-order valence-corrected chi connectivity index (χ4v) is 4.10. The molecule has 1 fully saturated rings. The van der Waals surface area contributed by atoms with E-state index in [1.807, 2.05) is 6.07 Å². The Morgan fingerprint density at radius 2 is 2.10 bits per heavy atom. The minimum absolute atomic E-state index is 0.807. The minimum atomic E-state index is 0.807. The molecule has 2 aliphatic rings. The number of hydrogen-bond donors (Lipinski definition) is 1. The third-order valence-electron chi connectivity index (χ3n) is 5.48. The Morgan fingerprint density at radius 1 is 1.20 bits per heavy atom. The Bertz CT molecular complexity index is 455. The lowest BCUT2D eigenvalue weighted by Crippen LogP contribution is -2.39. The topological polar surface area (TPSA) is 29.3 Å². The van der Waals surface area contributed by atoms with Crippen LogP contribution in [0.1, 0.15) is 56.6 Å². The lowest BCUT2D eigenvalue weighted by molar-refractivity contribution is 0.161. The summed E-state index contributed by atoms with van der Waals surface area (Å²) in [5, 5.41) is 0. The van der Waals surface area contributed by atoms with Crippen LogP contribution in [0.25, 0.3) is 0 Å². The highest BCUT2D eigenvalue weighted by atomic mass is 15.2. The first-order chi connectivity index (χ1) is 9.78. The zero-order chi connectivity index (χ0) is 13.9. The molecule has 20 heavy (non-hydrogen) atoms. The van der Waals surface area contributed by atoms with Crippen molar-refractivity contribution in [2.75, 3.05) is 12.3 Å². The molecule has 1 aromatic carbocycles. The molecule has 2 unspecified atom stereocenters. The van der Waals surface area contributed by atoms with Crippen LogP contribution >= 0.6 is 0 Å². The second-order valence-corrected chi connectivity index (χ2v) is 6.64. The number of nitrogens with two attached hydrogens (primary N) is 1. The maximum Gasteiger partial charge on any atom is 0.0350 e. The van der Waals surface area contributed by atoms with Gasteiger partial charge < -0.3 is 5.73 Å². The summed E-state index contributed by atoms with van der Waals surface area (Å²) < 4.78 is 0. The van der Waals surface area contributed by atoms with E-state index in [0.717, 1.165) is 30.6 Å². The van der Waals surface area contributed by atoms with E-state index in [9.17, 15) is 0 Å². The molecule has 2 atom stereocenters. The van der Waals surface area contributed by atoms with E-state index >= 15 is 0 Å². The molecule has 1 saturated carbocycles. The molecule has 110 valence electrons. The maximum atomic E-state index is 6.11. The van der Waals surface area contributed by atoms with Crippen LogP contribution in [0.3, 0.4) is 0 Å². The molecule has 2 N–H and O–H groups in total. The van der Waals surface area contributed by atoms with Gasteiger partial charge in [-0.05, 0) is 48.8 Å². The van der Waals surface area contributed by atoms with Crippen molar-refractivity contribution in [3.05, 3.63) is 29.3 Å². The van der Waals surface area contributed by atoms with Crippen LogP contribution in [0.15, 0.2) is 18.2 Å². The van der Waals surface area contributed by atoms with Gasteiger partial charge in [-0.3, -0.25) is 4.90 Å². The summed E-state index contributed by atoms with van der Waals surface area (Å²) in [5.74, 6) is 0.979. The zero-order valence-electron chi connectivity index (χ0n) is 12.8. The zero-order valence-corrected chi connectivity index (χ0v) is 12.8. The van der Waals surface area contributed by atoms with Crippen molar-refractivity contribution in [1.29, 1.82) is 0 Å². The van der Waals surface area contributed by atoms with Crippen LogP contribution < -0.4 is 5.73 Å². The number of hydrogen-bond acceptors (Lipinski definition) is 2. The SMILES string of the molecule is CCC1CCCC(N2CCc3c(N)cccc3C2)CC1. The molecule has 1 aromatic rings. The molecule has 2 nitrogen and oxygen atoms in total. The van der Waals surface area contributed by atoms with Crippen molar-refractivity contribution < 1.29 is 0 Å². The minimum Gasteiger partial charge on any atom is -0.398 e. The molecule has 3 rings (SSSR count). The van der Waals surface area contributed by atoms with Gasteiger partial charge in [-0.2, -0.15) is 0 Å². The maximum absolute atomic E-state index is 6.11. The quantitative estimate of drug-likeness (QED) is 0.651. The summed E-state index contributed by atoms with van der Waals surface area (Å²) >= 11 is 0. The summed E-state index contributed by atoms with van der Waals surface area (Å²) in [6.45, 7) is 4.66. The first-order valence-corrected chi connectivity index (χ1v) is 8.38. The van der Waals surface area contributed by atoms with E-state index in [1.54, 1.807) is 0 Å². The summed E-state index contributed by atoms with van der Waals surface area (Å²) in [6.07, 6.45) is 9.60. The molecular weight excluding hydrogens is 244 g/mol. The third-order valence-corrected chi connectivity index (χ3v) is 5.48. The van der Waals surface area contributed by atoms with E-state index in [-0.39, 0.29) is 0 Å². The number of anilines is 1. The Balaban J connectivity index is 1.67. The Morgan fingerprint density at radius 3 is 2.95 bits per heavy atom. The average molecular weight is 272 g/mol. The smallest absolute Gasteiger partial charge is 0.0350 e. The number of fused-ring (bicyclic) bond motifs is 1. The molecule has 1 aliphatic heterocycles.